The largest absolute Gasteiger partial charge is 0.478 e. The molecule has 0 spiro atoms. The first-order valence-electron chi connectivity index (χ1n) is 7.26. The lowest BCUT2D eigenvalue weighted by Crippen LogP contribution is -2.14. The van der Waals surface area contributed by atoms with Gasteiger partial charge in [0.2, 0.25) is 5.88 Å². The van der Waals surface area contributed by atoms with Crippen molar-refractivity contribution in [3.8, 4) is 5.88 Å². The van der Waals surface area contributed by atoms with Gasteiger partial charge in [-0.05, 0) is 23.8 Å². The summed E-state index contributed by atoms with van der Waals surface area (Å²) in [6.07, 6.45) is 0.658. The summed E-state index contributed by atoms with van der Waals surface area (Å²) in [5.74, 6) is 0.698. The summed E-state index contributed by atoms with van der Waals surface area (Å²) >= 11 is 6.07. The van der Waals surface area contributed by atoms with E-state index in [4.69, 9.17) is 16.3 Å². The number of fused-ring (bicyclic) bond motifs is 2. The minimum atomic E-state index is 0.0364. The normalized spacial score (nSPS) is 13.1. The Labute approximate surface area is 132 Å². The number of hydrogen-bond acceptors (Lipinski definition) is 2. The first-order chi connectivity index (χ1) is 10.7. The molecule has 0 fully saturated rings. The van der Waals surface area contributed by atoms with E-state index < -0.39 is 0 Å². The van der Waals surface area contributed by atoms with Crippen molar-refractivity contribution in [2.24, 2.45) is 0 Å². The fourth-order valence-corrected chi connectivity index (χ4v) is 3.19. The molecule has 2 aromatic carbocycles. The van der Waals surface area contributed by atoms with Crippen molar-refractivity contribution in [1.29, 1.82) is 0 Å². The van der Waals surface area contributed by atoms with E-state index in [9.17, 15) is 4.79 Å². The van der Waals surface area contributed by atoms with E-state index in [0.29, 0.717) is 35.9 Å². The van der Waals surface area contributed by atoms with Gasteiger partial charge in [0, 0.05) is 16.8 Å². The lowest BCUT2D eigenvalue weighted by Gasteiger charge is -2.16. The molecule has 4 rings (SSSR count). The highest BCUT2D eigenvalue weighted by Crippen LogP contribution is 2.29. The van der Waals surface area contributed by atoms with Gasteiger partial charge in [0.1, 0.15) is 0 Å². The second-order valence-electron chi connectivity index (χ2n) is 5.44. The van der Waals surface area contributed by atoms with Gasteiger partial charge in [-0.25, -0.2) is 0 Å². The molecular weight excluding hydrogens is 298 g/mol. The first-order valence-corrected chi connectivity index (χ1v) is 7.63. The number of halogens is 1. The third kappa shape index (κ3) is 2.09. The monoisotopic (exact) mass is 311 g/mol. The number of hydrogen-bond donors (Lipinski definition) is 0. The Morgan fingerprint density at radius 1 is 1.14 bits per heavy atom. The van der Waals surface area contributed by atoms with Crippen molar-refractivity contribution >= 4 is 22.5 Å². The SMILES string of the molecule is O=c1c2c(n(Cc3ccccc3)c3ccc(Cl)cc13)OCC2. The minimum absolute atomic E-state index is 0.0364. The molecule has 1 aromatic heterocycles. The molecule has 1 aliphatic heterocycles. The van der Waals surface area contributed by atoms with Crippen LogP contribution in [0.5, 0.6) is 5.88 Å². The third-order valence-corrected chi connectivity index (χ3v) is 4.28. The Hall–Kier alpha value is -2.26. The van der Waals surface area contributed by atoms with Gasteiger partial charge >= 0.3 is 0 Å². The van der Waals surface area contributed by atoms with Gasteiger partial charge in [-0.2, -0.15) is 0 Å². The Balaban J connectivity index is 2.00. The minimum Gasteiger partial charge on any atom is -0.478 e. The van der Waals surface area contributed by atoms with Crippen molar-refractivity contribution in [3.63, 3.8) is 0 Å². The van der Waals surface area contributed by atoms with Gasteiger partial charge in [-0.3, -0.25) is 4.79 Å². The van der Waals surface area contributed by atoms with Crippen LogP contribution in [0.1, 0.15) is 11.1 Å². The molecule has 4 heteroatoms. The molecule has 1 aliphatic rings. The Morgan fingerprint density at radius 2 is 1.95 bits per heavy atom. The summed E-state index contributed by atoms with van der Waals surface area (Å²) in [7, 11) is 0. The van der Waals surface area contributed by atoms with Crippen LogP contribution in [0.25, 0.3) is 10.9 Å². The molecule has 110 valence electrons. The summed E-state index contributed by atoms with van der Waals surface area (Å²) in [6, 6.07) is 15.6. The second kappa shape index (κ2) is 5.18. The molecule has 3 aromatic rings. The zero-order valence-corrected chi connectivity index (χ0v) is 12.6. The van der Waals surface area contributed by atoms with E-state index in [-0.39, 0.29) is 5.43 Å². The van der Waals surface area contributed by atoms with E-state index in [1.807, 2.05) is 30.3 Å². The van der Waals surface area contributed by atoms with Gasteiger partial charge < -0.3 is 9.30 Å². The van der Waals surface area contributed by atoms with Crippen LogP contribution in [0.15, 0.2) is 53.3 Å². The van der Waals surface area contributed by atoms with Crippen molar-refractivity contribution in [2.75, 3.05) is 6.61 Å². The maximum absolute atomic E-state index is 12.6. The molecule has 0 saturated carbocycles. The van der Waals surface area contributed by atoms with Gasteiger partial charge in [-0.15, -0.1) is 0 Å². The van der Waals surface area contributed by atoms with Gasteiger partial charge in [0.05, 0.1) is 24.2 Å². The van der Waals surface area contributed by atoms with Crippen LogP contribution in [0, 0.1) is 0 Å². The van der Waals surface area contributed by atoms with Crippen molar-refractivity contribution in [3.05, 3.63) is 74.9 Å². The van der Waals surface area contributed by atoms with Crippen LogP contribution in [0.4, 0.5) is 0 Å². The molecule has 0 aliphatic carbocycles. The number of aromatic nitrogens is 1. The standard InChI is InChI=1S/C18H14ClNO2/c19-13-6-7-16-15(10-13)17(21)14-8-9-22-18(14)20(16)11-12-4-2-1-3-5-12/h1-7,10H,8-9,11H2. The summed E-state index contributed by atoms with van der Waals surface area (Å²) in [5.41, 5.74) is 2.82. The number of pyridine rings is 1. The lowest BCUT2D eigenvalue weighted by atomic mass is 10.1. The number of benzene rings is 2. The molecule has 0 bridgehead atoms. The highest BCUT2D eigenvalue weighted by Gasteiger charge is 2.23. The summed E-state index contributed by atoms with van der Waals surface area (Å²) in [6.45, 7) is 1.23. The van der Waals surface area contributed by atoms with Gasteiger partial charge in [-0.1, -0.05) is 41.9 Å². The maximum Gasteiger partial charge on any atom is 0.201 e. The Morgan fingerprint density at radius 3 is 2.77 bits per heavy atom. The molecular formula is C18H14ClNO2. The third-order valence-electron chi connectivity index (χ3n) is 4.05. The smallest absolute Gasteiger partial charge is 0.201 e. The topological polar surface area (TPSA) is 31.2 Å². The Bertz CT molecular complexity index is 916. The van der Waals surface area contributed by atoms with Crippen molar-refractivity contribution < 1.29 is 4.74 Å². The van der Waals surface area contributed by atoms with Crippen LogP contribution in [0.2, 0.25) is 5.02 Å². The molecule has 0 saturated heterocycles. The number of nitrogens with zero attached hydrogens (tertiary/aromatic N) is 1. The van der Waals surface area contributed by atoms with Crippen LogP contribution < -0.4 is 10.2 Å². The van der Waals surface area contributed by atoms with Crippen molar-refractivity contribution in [1.82, 2.24) is 4.57 Å². The van der Waals surface area contributed by atoms with Gasteiger partial charge in [0.25, 0.3) is 0 Å². The van der Waals surface area contributed by atoms with E-state index in [0.717, 1.165) is 11.1 Å². The van der Waals surface area contributed by atoms with Crippen LogP contribution in [-0.4, -0.2) is 11.2 Å². The molecule has 2 heterocycles. The van der Waals surface area contributed by atoms with Crippen LogP contribution in [-0.2, 0) is 13.0 Å². The predicted octanol–water partition coefficient (Wildman–Crippen LogP) is 3.64. The second-order valence-corrected chi connectivity index (χ2v) is 5.88. The molecule has 0 radical (unpaired) electrons. The summed E-state index contributed by atoms with van der Waals surface area (Å²) in [5, 5.41) is 1.24. The van der Waals surface area contributed by atoms with Crippen LogP contribution in [0.3, 0.4) is 0 Å². The highest BCUT2D eigenvalue weighted by molar-refractivity contribution is 6.31. The summed E-state index contributed by atoms with van der Waals surface area (Å²) < 4.78 is 7.83. The fourth-order valence-electron chi connectivity index (χ4n) is 3.02. The number of ether oxygens (including phenoxy) is 1. The van der Waals surface area contributed by atoms with Gasteiger partial charge in [0.15, 0.2) is 5.43 Å². The first kappa shape index (κ1) is 13.4. The van der Waals surface area contributed by atoms with E-state index in [1.165, 1.54) is 5.56 Å². The average Bonchev–Trinajstić information content (AvgIpc) is 3.02. The van der Waals surface area contributed by atoms with E-state index in [2.05, 4.69) is 16.7 Å². The number of rotatable bonds is 2. The molecule has 0 atom stereocenters. The molecule has 0 unspecified atom stereocenters. The molecule has 22 heavy (non-hydrogen) atoms. The predicted molar refractivity (Wildman–Crippen MR) is 88.0 cm³/mol. The average molecular weight is 312 g/mol. The van der Waals surface area contributed by atoms with Crippen molar-refractivity contribution in [2.45, 2.75) is 13.0 Å². The molecule has 0 N–H and O–H groups in total. The Kier molecular flexibility index (Phi) is 3.16. The fraction of sp³-hybridized carbons (Fsp3) is 0.167. The van der Waals surface area contributed by atoms with E-state index >= 15 is 0 Å². The summed E-state index contributed by atoms with van der Waals surface area (Å²) in [4.78, 5) is 12.6. The zero-order valence-electron chi connectivity index (χ0n) is 11.9. The quantitative estimate of drug-likeness (QED) is 0.723. The molecule has 3 nitrogen and oxygen atoms in total. The lowest BCUT2D eigenvalue weighted by molar-refractivity contribution is 0.330. The maximum atomic E-state index is 12.6. The van der Waals surface area contributed by atoms with E-state index in [1.54, 1.807) is 6.07 Å². The highest BCUT2D eigenvalue weighted by atomic mass is 35.5. The molecule has 0 amide bonds. The zero-order chi connectivity index (χ0) is 15.1. The van der Waals surface area contributed by atoms with Crippen LogP contribution >= 0.6 is 11.6 Å².